The third kappa shape index (κ3) is 4.25. The largest absolute Gasteiger partial charge is 0.297 e. The maximum atomic E-state index is 12.7. The standard InChI is InChI=1S/C21H20N4OS3/c26-19(24-21-22-14(13-27-21)12-25-10-4-1-5-11-25)17-8-9-18(28-17)20-23-15-6-2-3-7-16(15)29-20/h2-3,6-9,13H,1,4-5,10-12H2,(H,22,24,26). The summed E-state index contributed by atoms with van der Waals surface area (Å²) in [6.45, 7) is 3.15. The first-order valence-electron chi connectivity index (χ1n) is 9.68. The highest BCUT2D eigenvalue weighted by Gasteiger charge is 2.16. The number of nitrogens with zero attached hydrogens (tertiary/aromatic N) is 3. The van der Waals surface area contributed by atoms with E-state index in [1.807, 2.05) is 35.7 Å². The SMILES string of the molecule is O=C(Nc1nc(CN2CCCCC2)cs1)c1ccc(-c2nc3ccccc3s2)s1. The van der Waals surface area contributed by atoms with Gasteiger partial charge in [-0.15, -0.1) is 34.0 Å². The second kappa shape index (κ2) is 8.31. The third-order valence-corrected chi connectivity index (χ3v) is 8.04. The lowest BCUT2D eigenvalue weighted by Crippen LogP contribution is -2.29. The van der Waals surface area contributed by atoms with E-state index in [4.69, 9.17) is 0 Å². The van der Waals surface area contributed by atoms with E-state index in [-0.39, 0.29) is 5.91 Å². The van der Waals surface area contributed by atoms with Crippen molar-refractivity contribution < 1.29 is 4.79 Å². The van der Waals surface area contributed by atoms with Gasteiger partial charge < -0.3 is 0 Å². The molecule has 0 atom stereocenters. The summed E-state index contributed by atoms with van der Waals surface area (Å²) in [7, 11) is 0. The number of rotatable bonds is 5. The summed E-state index contributed by atoms with van der Waals surface area (Å²) in [4.78, 5) is 26.1. The maximum absolute atomic E-state index is 12.7. The van der Waals surface area contributed by atoms with Crippen LogP contribution in [0.1, 0.15) is 34.6 Å². The van der Waals surface area contributed by atoms with Crippen molar-refractivity contribution in [3.8, 4) is 9.88 Å². The summed E-state index contributed by atoms with van der Waals surface area (Å²) in [6.07, 6.45) is 3.86. The van der Waals surface area contributed by atoms with Crippen LogP contribution in [0.3, 0.4) is 0 Å². The van der Waals surface area contributed by atoms with Gasteiger partial charge in [0.05, 0.1) is 25.7 Å². The van der Waals surface area contributed by atoms with Crippen LogP contribution < -0.4 is 5.32 Å². The average molecular weight is 441 g/mol. The lowest BCUT2D eigenvalue weighted by molar-refractivity contribution is 0.103. The van der Waals surface area contributed by atoms with Gasteiger partial charge in [-0.05, 0) is 50.2 Å². The topological polar surface area (TPSA) is 58.1 Å². The van der Waals surface area contributed by atoms with Gasteiger partial charge in [-0.2, -0.15) is 0 Å². The quantitative estimate of drug-likeness (QED) is 0.431. The zero-order valence-electron chi connectivity index (χ0n) is 15.8. The van der Waals surface area contributed by atoms with Gasteiger partial charge in [0.25, 0.3) is 5.91 Å². The Morgan fingerprint density at radius 1 is 1.03 bits per heavy atom. The molecular weight excluding hydrogens is 420 g/mol. The molecule has 3 aromatic heterocycles. The number of thiophene rings is 1. The first-order chi connectivity index (χ1) is 14.2. The number of benzene rings is 1. The number of carbonyl (C=O) groups is 1. The molecule has 1 fully saturated rings. The number of para-hydroxylation sites is 1. The predicted molar refractivity (Wildman–Crippen MR) is 122 cm³/mol. The molecule has 29 heavy (non-hydrogen) atoms. The first kappa shape index (κ1) is 18.9. The molecule has 8 heteroatoms. The minimum atomic E-state index is -0.110. The van der Waals surface area contributed by atoms with Gasteiger partial charge in [-0.25, -0.2) is 9.97 Å². The van der Waals surface area contributed by atoms with E-state index in [9.17, 15) is 4.79 Å². The van der Waals surface area contributed by atoms with Crippen molar-refractivity contribution >= 4 is 55.3 Å². The van der Waals surface area contributed by atoms with Crippen molar-refractivity contribution in [2.45, 2.75) is 25.8 Å². The average Bonchev–Trinajstić information content (AvgIpc) is 3.48. The number of nitrogens with one attached hydrogen (secondary N) is 1. The first-order valence-corrected chi connectivity index (χ1v) is 12.2. The van der Waals surface area contributed by atoms with Crippen LogP contribution in [0.4, 0.5) is 5.13 Å². The molecule has 0 bridgehead atoms. The Morgan fingerprint density at radius 3 is 2.76 bits per heavy atom. The number of hydrogen-bond donors (Lipinski definition) is 1. The molecule has 5 nitrogen and oxygen atoms in total. The fraction of sp³-hybridized carbons (Fsp3) is 0.286. The zero-order chi connectivity index (χ0) is 19.6. The molecule has 0 radical (unpaired) electrons. The molecule has 0 aliphatic carbocycles. The van der Waals surface area contributed by atoms with E-state index in [2.05, 4.69) is 26.3 Å². The monoisotopic (exact) mass is 440 g/mol. The summed E-state index contributed by atoms with van der Waals surface area (Å²) >= 11 is 4.61. The molecule has 1 aliphatic rings. The Morgan fingerprint density at radius 2 is 1.90 bits per heavy atom. The van der Waals surface area contributed by atoms with E-state index >= 15 is 0 Å². The Balaban J connectivity index is 1.25. The van der Waals surface area contributed by atoms with Crippen molar-refractivity contribution in [1.82, 2.24) is 14.9 Å². The molecule has 148 valence electrons. The highest BCUT2D eigenvalue weighted by Crippen LogP contribution is 2.34. The van der Waals surface area contributed by atoms with Crippen molar-refractivity contribution in [2.75, 3.05) is 18.4 Å². The fourth-order valence-electron chi connectivity index (χ4n) is 3.49. The van der Waals surface area contributed by atoms with E-state index in [1.54, 1.807) is 11.3 Å². The second-order valence-corrected chi connectivity index (χ2v) is 10.1. The summed E-state index contributed by atoms with van der Waals surface area (Å²) in [6, 6.07) is 11.9. The summed E-state index contributed by atoms with van der Waals surface area (Å²) in [5, 5.41) is 6.61. The van der Waals surface area contributed by atoms with Crippen molar-refractivity contribution in [1.29, 1.82) is 0 Å². The third-order valence-electron chi connectivity index (χ3n) is 4.94. The molecule has 1 aromatic carbocycles. The molecule has 0 unspecified atom stereocenters. The Hall–Kier alpha value is -2.13. The molecule has 0 spiro atoms. The van der Waals surface area contributed by atoms with Crippen LogP contribution in [-0.4, -0.2) is 33.9 Å². The summed E-state index contributed by atoms with van der Waals surface area (Å²) in [5.74, 6) is -0.110. The number of amides is 1. The van der Waals surface area contributed by atoms with Crippen LogP contribution in [0.25, 0.3) is 20.1 Å². The maximum Gasteiger partial charge on any atom is 0.267 e. The van der Waals surface area contributed by atoms with Crippen LogP contribution in [0.2, 0.25) is 0 Å². The number of anilines is 1. The van der Waals surface area contributed by atoms with Gasteiger partial charge in [0.15, 0.2) is 5.13 Å². The van der Waals surface area contributed by atoms with E-state index in [0.717, 1.165) is 45.4 Å². The lowest BCUT2D eigenvalue weighted by Gasteiger charge is -2.25. The summed E-state index contributed by atoms with van der Waals surface area (Å²) < 4.78 is 1.16. The number of thiazole rings is 2. The zero-order valence-corrected chi connectivity index (χ0v) is 18.2. The van der Waals surface area contributed by atoms with Gasteiger partial charge >= 0.3 is 0 Å². The van der Waals surface area contributed by atoms with Crippen LogP contribution >= 0.6 is 34.0 Å². The van der Waals surface area contributed by atoms with Gasteiger partial charge in [0.2, 0.25) is 0 Å². The fourth-order valence-corrected chi connectivity index (χ4v) is 6.11. The van der Waals surface area contributed by atoms with Crippen molar-refractivity contribution in [2.24, 2.45) is 0 Å². The molecule has 1 saturated heterocycles. The number of carbonyl (C=O) groups excluding carboxylic acids is 1. The van der Waals surface area contributed by atoms with E-state index in [0.29, 0.717) is 10.0 Å². The van der Waals surface area contributed by atoms with Crippen LogP contribution in [-0.2, 0) is 6.54 Å². The molecule has 0 saturated carbocycles. The molecule has 4 aromatic rings. The molecule has 1 N–H and O–H groups in total. The molecule has 5 rings (SSSR count). The number of likely N-dealkylation sites (tertiary alicyclic amines) is 1. The minimum absolute atomic E-state index is 0.110. The van der Waals surface area contributed by atoms with Gasteiger partial charge in [-0.3, -0.25) is 15.0 Å². The lowest BCUT2D eigenvalue weighted by atomic mass is 10.1. The highest BCUT2D eigenvalue weighted by molar-refractivity contribution is 7.26. The molecule has 1 amide bonds. The predicted octanol–water partition coefficient (Wildman–Crippen LogP) is 5.72. The van der Waals surface area contributed by atoms with Crippen molar-refractivity contribution in [3.05, 3.63) is 52.3 Å². The minimum Gasteiger partial charge on any atom is -0.297 e. The van der Waals surface area contributed by atoms with Crippen molar-refractivity contribution in [3.63, 3.8) is 0 Å². The van der Waals surface area contributed by atoms with Crippen LogP contribution in [0.5, 0.6) is 0 Å². The van der Waals surface area contributed by atoms with E-state index < -0.39 is 0 Å². The molecule has 1 aliphatic heterocycles. The Labute approximate surface area is 181 Å². The number of fused-ring (bicyclic) bond motifs is 1. The number of aromatic nitrogens is 2. The normalized spacial score (nSPS) is 15.0. The Bertz CT molecular complexity index is 1110. The smallest absolute Gasteiger partial charge is 0.267 e. The summed E-state index contributed by atoms with van der Waals surface area (Å²) in [5.41, 5.74) is 2.03. The van der Waals surface area contributed by atoms with Gasteiger partial charge in [0.1, 0.15) is 5.01 Å². The highest BCUT2D eigenvalue weighted by atomic mass is 32.1. The second-order valence-electron chi connectivity index (χ2n) is 7.09. The van der Waals surface area contributed by atoms with Crippen LogP contribution in [0.15, 0.2) is 41.8 Å². The molecular formula is C21H20N4OS3. The van der Waals surface area contributed by atoms with Gasteiger partial charge in [0, 0.05) is 11.9 Å². The Kier molecular flexibility index (Phi) is 5.41. The number of hydrogen-bond acceptors (Lipinski definition) is 7. The van der Waals surface area contributed by atoms with Crippen LogP contribution in [0, 0.1) is 0 Å². The number of piperidine rings is 1. The molecule has 4 heterocycles. The van der Waals surface area contributed by atoms with E-state index in [1.165, 1.54) is 41.9 Å². The van der Waals surface area contributed by atoms with Gasteiger partial charge in [-0.1, -0.05) is 18.6 Å².